The molecule has 0 aliphatic carbocycles. The van der Waals surface area contributed by atoms with Crippen molar-refractivity contribution < 1.29 is 13.2 Å². The summed E-state index contributed by atoms with van der Waals surface area (Å²) in [5.41, 5.74) is 3.06. The first kappa shape index (κ1) is 21.4. The summed E-state index contributed by atoms with van der Waals surface area (Å²) in [5, 5.41) is 2.61. The number of amides is 1. The van der Waals surface area contributed by atoms with E-state index in [-0.39, 0.29) is 16.8 Å². The Morgan fingerprint density at radius 1 is 0.800 bits per heavy atom. The summed E-state index contributed by atoms with van der Waals surface area (Å²) >= 11 is 0. The zero-order valence-electron chi connectivity index (χ0n) is 17.2. The SMILES string of the molecule is CC(=O)Nc1ccc(S(=O)(=O)Nc2ccc(N(c3ccccc3)C(C)C)cc2)cc1. The van der Waals surface area contributed by atoms with Crippen molar-refractivity contribution in [1.82, 2.24) is 0 Å². The minimum Gasteiger partial charge on any atom is -0.339 e. The van der Waals surface area contributed by atoms with Crippen LogP contribution < -0.4 is 14.9 Å². The molecule has 1 amide bonds. The van der Waals surface area contributed by atoms with Crippen LogP contribution in [0.1, 0.15) is 20.8 Å². The number of nitrogens with one attached hydrogen (secondary N) is 2. The molecule has 0 atom stereocenters. The molecule has 30 heavy (non-hydrogen) atoms. The lowest BCUT2D eigenvalue weighted by Crippen LogP contribution is -2.25. The van der Waals surface area contributed by atoms with Crippen molar-refractivity contribution in [2.75, 3.05) is 14.9 Å². The second kappa shape index (κ2) is 9.00. The van der Waals surface area contributed by atoms with Gasteiger partial charge in [-0.05, 0) is 74.5 Å². The smallest absolute Gasteiger partial charge is 0.261 e. The average Bonchev–Trinajstić information content (AvgIpc) is 2.70. The summed E-state index contributed by atoms with van der Waals surface area (Å²) in [7, 11) is -3.74. The lowest BCUT2D eigenvalue weighted by Gasteiger charge is -2.29. The topological polar surface area (TPSA) is 78.5 Å². The van der Waals surface area contributed by atoms with Crippen LogP contribution >= 0.6 is 0 Å². The maximum atomic E-state index is 12.7. The van der Waals surface area contributed by atoms with Gasteiger partial charge in [0.15, 0.2) is 0 Å². The highest BCUT2D eigenvalue weighted by Crippen LogP contribution is 2.29. The Balaban J connectivity index is 1.78. The van der Waals surface area contributed by atoms with Gasteiger partial charge in [0.05, 0.1) is 4.90 Å². The van der Waals surface area contributed by atoms with Crippen molar-refractivity contribution in [3.05, 3.63) is 78.9 Å². The molecule has 7 heteroatoms. The van der Waals surface area contributed by atoms with E-state index in [1.165, 1.54) is 19.1 Å². The first-order valence-electron chi connectivity index (χ1n) is 9.61. The van der Waals surface area contributed by atoms with Crippen LogP contribution in [0, 0.1) is 0 Å². The van der Waals surface area contributed by atoms with Gasteiger partial charge in [0.1, 0.15) is 0 Å². The molecule has 3 rings (SSSR count). The summed E-state index contributed by atoms with van der Waals surface area (Å²) in [4.78, 5) is 13.4. The van der Waals surface area contributed by atoms with E-state index in [4.69, 9.17) is 0 Å². The van der Waals surface area contributed by atoms with E-state index in [9.17, 15) is 13.2 Å². The van der Waals surface area contributed by atoms with Crippen molar-refractivity contribution in [2.24, 2.45) is 0 Å². The number of carbonyl (C=O) groups excluding carboxylic acids is 1. The van der Waals surface area contributed by atoms with Gasteiger partial charge in [0.2, 0.25) is 5.91 Å². The fourth-order valence-electron chi connectivity index (χ4n) is 3.16. The van der Waals surface area contributed by atoms with Crippen LogP contribution in [0.3, 0.4) is 0 Å². The molecule has 0 aliphatic rings. The van der Waals surface area contributed by atoms with E-state index < -0.39 is 10.0 Å². The highest BCUT2D eigenvalue weighted by molar-refractivity contribution is 7.92. The number of sulfonamides is 1. The zero-order valence-corrected chi connectivity index (χ0v) is 18.0. The maximum Gasteiger partial charge on any atom is 0.261 e. The molecule has 6 nitrogen and oxygen atoms in total. The number of hydrogen-bond donors (Lipinski definition) is 2. The van der Waals surface area contributed by atoms with Gasteiger partial charge in [0, 0.05) is 35.7 Å². The summed E-state index contributed by atoms with van der Waals surface area (Å²) < 4.78 is 27.9. The van der Waals surface area contributed by atoms with Gasteiger partial charge >= 0.3 is 0 Å². The van der Waals surface area contributed by atoms with E-state index >= 15 is 0 Å². The summed E-state index contributed by atoms with van der Waals surface area (Å²) in [6.45, 7) is 5.61. The van der Waals surface area contributed by atoms with Crippen LogP contribution in [-0.4, -0.2) is 20.4 Å². The second-order valence-electron chi connectivity index (χ2n) is 7.16. The molecule has 3 aromatic rings. The molecule has 2 N–H and O–H groups in total. The van der Waals surface area contributed by atoms with Crippen LogP contribution in [0.25, 0.3) is 0 Å². The molecular formula is C23H25N3O3S. The summed E-state index contributed by atoms with van der Waals surface area (Å²) in [5.74, 6) is -0.213. The number of para-hydroxylation sites is 1. The van der Waals surface area contributed by atoms with Gasteiger partial charge in [-0.25, -0.2) is 8.42 Å². The Morgan fingerprint density at radius 3 is 1.87 bits per heavy atom. The van der Waals surface area contributed by atoms with E-state index in [1.54, 1.807) is 24.3 Å². The second-order valence-corrected chi connectivity index (χ2v) is 8.84. The van der Waals surface area contributed by atoms with E-state index in [0.29, 0.717) is 11.4 Å². The third-order valence-corrected chi connectivity index (χ3v) is 5.83. The van der Waals surface area contributed by atoms with E-state index in [1.807, 2.05) is 42.5 Å². The predicted molar refractivity (Wildman–Crippen MR) is 122 cm³/mol. The highest BCUT2D eigenvalue weighted by Gasteiger charge is 2.16. The third-order valence-electron chi connectivity index (χ3n) is 4.43. The van der Waals surface area contributed by atoms with Crippen LogP contribution in [0.2, 0.25) is 0 Å². The third kappa shape index (κ3) is 5.18. The highest BCUT2D eigenvalue weighted by atomic mass is 32.2. The van der Waals surface area contributed by atoms with Crippen molar-refractivity contribution in [2.45, 2.75) is 31.7 Å². The van der Waals surface area contributed by atoms with Crippen LogP contribution in [-0.2, 0) is 14.8 Å². The monoisotopic (exact) mass is 423 g/mol. The van der Waals surface area contributed by atoms with Crippen LogP contribution in [0.5, 0.6) is 0 Å². The first-order chi connectivity index (χ1) is 14.3. The summed E-state index contributed by atoms with van der Waals surface area (Å²) in [6.07, 6.45) is 0. The number of anilines is 4. The minimum atomic E-state index is -3.74. The first-order valence-corrected chi connectivity index (χ1v) is 11.1. The number of benzene rings is 3. The average molecular weight is 424 g/mol. The van der Waals surface area contributed by atoms with Crippen LogP contribution in [0.15, 0.2) is 83.8 Å². The largest absolute Gasteiger partial charge is 0.339 e. The number of nitrogens with zero attached hydrogens (tertiary/aromatic N) is 1. The van der Waals surface area contributed by atoms with Gasteiger partial charge in [0.25, 0.3) is 10.0 Å². The fourth-order valence-corrected chi connectivity index (χ4v) is 4.22. The minimum absolute atomic E-state index is 0.119. The Labute approximate surface area is 177 Å². The molecule has 3 aromatic carbocycles. The molecule has 0 aliphatic heterocycles. The Bertz CT molecular complexity index is 1090. The van der Waals surface area contributed by atoms with Crippen molar-refractivity contribution in [3.8, 4) is 0 Å². The van der Waals surface area contributed by atoms with Gasteiger partial charge in [-0.1, -0.05) is 18.2 Å². The molecule has 0 radical (unpaired) electrons. The van der Waals surface area contributed by atoms with E-state index in [0.717, 1.165) is 11.4 Å². The predicted octanol–water partition coefficient (Wildman–Crippen LogP) is 4.99. The quantitative estimate of drug-likeness (QED) is 0.561. The van der Waals surface area contributed by atoms with Gasteiger partial charge in [-0.2, -0.15) is 0 Å². The van der Waals surface area contributed by atoms with Gasteiger partial charge in [-0.15, -0.1) is 0 Å². The lowest BCUT2D eigenvalue weighted by atomic mass is 10.2. The lowest BCUT2D eigenvalue weighted by molar-refractivity contribution is -0.114. The Morgan fingerprint density at radius 2 is 1.33 bits per heavy atom. The normalized spacial score (nSPS) is 11.2. The Hall–Kier alpha value is -3.32. The van der Waals surface area contributed by atoms with Crippen molar-refractivity contribution in [1.29, 1.82) is 0 Å². The maximum absolute atomic E-state index is 12.7. The van der Waals surface area contributed by atoms with E-state index in [2.05, 4.69) is 28.8 Å². The molecular weight excluding hydrogens is 398 g/mol. The molecule has 0 unspecified atom stereocenters. The molecule has 0 saturated heterocycles. The van der Waals surface area contributed by atoms with Gasteiger partial charge in [-0.3, -0.25) is 9.52 Å². The van der Waals surface area contributed by atoms with Crippen molar-refractivity contribution in [3.63, 3.8) is 0 Å². The summed E-state index contributed by atoms with van der Waals surface area (Å²) in [6, 6.07) is 23.6. The van der Waals surface area contributed by atoms with Crippen LogP contribution in [0.4, 0.5) is 22.7 Å². The Kier molecular flexibility index (Phi) is 6.42. The van der Waals surface area contributed by atoms with Gasteiger partial charge < -0.3 is 10.2 Å². The number of hydrogen-bond acceptors (Lipinski definition) is 4. The molecule has 0 saturated carbocycles. The molecule has 0 bridgehead atoms. The van der Waals surface area contributed by atoms with Crippen molar-refractivity contribution >= 4 is 38.7 Å². The molecule has 0 heterocycles. The standard InChI is InChI=1S/C23H25N3O3S/c1-17(2)26(21-7-5-4-6-8-21)22-13-9-20(10-14-22)25-30(28,29)23-15-11-19(12-16-23)24-18(3)27/h4-17,25H,1-3H3,(H,24,27). The zero-order chi connectivity index (χ0) is 21.7. The number of rotatable bonds is 7. The fraction of sp³-hybridized carbons (Fsp3) is 0.174. The number of carbonyl (C=O) groups is 1. The molecule has 156 valence electrons. The molecule has 0 aromatic heterocycles. The molecule has 0 fully saturated rings. The molecule has 0 spiro atoms.